The molecule has 18 heavy (non-hydrogen) atoms. The van der Waals surface area contributed by atoms with Crippen molar-refractivity contribution in [3.63, 3.8) is 0 Å². The Bertz CT molecular complexity index is 588. The van der Waals surface area contributed by atoms with Crippen molar-refractivity contribution in [1.82, 2.24) is 4.98 Å². The van der Waals surface area contributed by atoms with Crippen molar-refractivity contribution in [3.8, 4) is 0 Å². The highest BCUT2D eigenvalue weighted by molar-refractivity contribution is 7.80. The van der Waals surface area contributed by atoms with E-state index in [-0.39, 0.29) is 0 Å². The van der Waals surface area contributed by atoms with Crippen molar-refractivity contribution < 1.29 is 0 Å². The zero-order valence-electron chi connectivity index (χ0n) is 9.95. The standard InChI is InChI=1S/C12H12ClN3S2/c1-6-7(2)18-12(15-6)16-10-5-8(13)3-4-9(10)11(14)17/h3-5H,1-2H3,(H2,14,17)(H,15,16). The van der Waals surface area contributed by atoms with Gasteiger partial charge in [0.05, 0.1) is 11.4 Å². The minimum atomic E-state index is 0.333. The molecule has 0 aliphatic carbocycles. The molecule has 0 atom stereocenters. The van der Waals surface area contributed by atoms with Crippen molar-refractivity contribution >= 4 is 51.0 Å². The Morgan fingerprint density at radius 1 is 1.44 bits per heavy atom. The maximum Gasteiger partial charge on any atom is 0.187 e. The molecule has 1 aromatic heterocycles. The summed E-state index contributed by atoms with van der Waals surface area (Å²) in [5, 5.41) is 4.65. The van der Waals surface area contributed by atoms with Crippen LogP contribution < -0.4 is 11.1 Å². The van der Waals surface area contributed by atoms with Gasteiger partial charge in [0, 0.05) is 15.5 Å². The average molecular weight is 298 g/mol. The fourth-order valence-corrected chi connectivity index (χ4v) is 2.65. The lowest BCUT2D eigenvalue weighted by atomic mass is 10.2. The molecule has 3 N–H and O–H groups in total. The van der Waals surface area contributed by atoms with Crippen molar-refractivity contribution in [1.29, 1.82) is 0 Å². The summed E-state index contributed by atoms with van der Waals surface area (Å²) in [4.78, 5) is 5.93. The third-order valence-corrected chi connectivity index (χ3v) is 3.96. The zero-order valence-corrected chi connectivity index (χ0v) is 12.3. The molecule has 0 fully saturated rings. The number of hydrogen-bond acceptors (Lipinski definition) is 4. The summed E-state index contributed by atoms with van der Waals surface area (Å²) in [6.07, 6.45) is 0. The zero-order chi connectivity index (χ0) is 13.3. The summed E-state index contributed by atoms with van der Waals surface area (Å²) < 4.78 is 0. The summed E-state index contributed by atoms with van der Waals surface area (Å²) >= 11 is 12.6. The quantitative estimate of drug-likeness (QED) is 0.846. The van der Waals surface area contributed by atoms with Gasteiger partial charge in [-0.05, 0) is 32.0 Å². The van der Waals surface area contributed by atoms with Gasteiger partial charge in [-0.25, -0.2) is 4.98 Å². The Kier molecular flexibility index (Phi) is 3.85. The van der Waals surface area contributed by atoms with Crippen LogP contribution in [0.3, 0.4) is 0 Å². The molecule has 0 unspecified atom stereocenters. The Morgan fingerprint density at radius 3 is 2.72 bits per heavy atom. The van der Waals surface area contributed by atoms with Crippen LogP contribution in [0.2, 0.25) is 5.02 Å². The SMILES string of the molecule is Cc1nc(Nc2cc(Cl)ccc2C(N)=S)sc1C. The Hall–Kier alpha value is -1.17. The van der Waals surface area contributed by atoms with Crippen LogP contribution in [0.1, 0.15) is 16.1 Å². The van der Waals surface area contributed by atoms with Crippen LogP contribution in [0.25, 0.3) is 0 Å². The van der Waals surface area contributed by atoms with Crippen LogP contribution >= 0.6 is 35.2 Å². The Labute approximate surface area is 120 Å². The lowest BCUT2D eigenvalue weighted by Gasteiger charge is -2.09. The van der Waals surface area contributed by atoms with Gasteiger partial charge in [-0.15, -0.1) is 11.3 Å². The van der Waals surface area contributed by atoms with Crippen molar-refractivity contribution in [2.45, 2.75) is 13.8 Å². The van der Waals surface area contributed by atoms with Crippen LogP contribution in [0.15, 0.2) is 18.2 Å². The molecule has 94 valence electrons. The number of hydrogen-bond donors (Lipinski definition) is 2. The molecule has 0 saturated heterocycles. The maximum atomic E-state index is 5.98. The van der Waals surface area contributed by atoms with Crippen LogP contribution in [0.5, 0.6) is 0 Å². The molecule has 1 heterocycles. The summed E-state index contributed by atoms with van der Waals surface area (Å²) in [5.41, 5.74) is 8.24. The summed E-state index contributed by atoms with van der Waals surface area (Å²) in [5.74, 6) is 0. The van der Waals surface area contributed by atoms with Gasteiger partial charge in [-0.1, -0.05) is 23.8 Å². The minimum absolute atomic E-state index is 0.333. The van der Waals surface area contributed by atoms with E-state index >= 15 is 0 Å². The largest absolute Gasteiger partial charge is 0.389 e. The van der Waals surface area contributed by atoms with Gasteiger partial charge in [0.25, 0.3) is 0 Å². The number of nitrogens with one attached hydrogen (secondary N) is 1. The van der Waals surface area contributed by atoms with Gasteiger partial charge < -0.3 is 11.1 Å². The third-order valence-electron chi connectivity index (χ3n) is 2.52. The molecular weight excluding hydrogens is 286 g/mol. The number of nitrogens with zero attached hydrogens (tertiary/aromatic N) is 1. The first-order chi connectivity index (χ1) is 8.47. The molecule has 0 aliphatic rings. The van der Waals surface area contributed by atoms with E-state index in [0.29, 0.717) is 10.0 Å². The molecule has 0 bridgehead atoms. The van der Waals surface area contributed by atoms with E-state index in [1.54, 1.807) is 29.5 Å². The number of thiazole rings is 1. The van der Waals surface area contributed by atoms with Gasteiger partial charge in [0.15, 0.2) is 5.13 Å². The number of halogens is 1. The maximum absolute atomic E-state index is 5.98. The summed E-state index contributed by atoms with van der Waals surface area (Å²) in [7, 11) is 0. The molecule has 0 amide bonds. The number of benzene rings is 1. The highest BCUT2D eigenvalue weighted by Crippen LogP contribution is 2.28. The summed E-state index contributed by atoms with van der Waals surface area (Å²) in [6.45, 7) is 4.01. The first-order valence-corrected chi connectivity index (χ1v) is 6.88. The number of rotatable bonds is 3. The lowest BCUT2D eigenvalue weighted by molar-refractivity contribution is 1.23. The van der Waals surface area contributed by atoms with E-state index in [4.69, 9.17) is 29.6 Å². The third kappa shape index (κ3) is 2.80. The van der Waals surface area contributed by atoms with Gasteiger partial charge >= 0.3 is 0 Å². The van der Waals surface area contributed by atoms with Crippen molar-refractivity contribution in [2.75, 3.05) is 5.32 Å². The van der Waals surface area contributed by atoms with E-state index in [0.717, 1.165) is 22.1 Å². The monoisotopic (exact) mass is 297 g/mol. The number of aromatic nitrogens is 1. The second-order valence-corrected chi connectivity index (χ2v) is 5.92. The van der Waals surface area contributed by atoms with Gasteiger partial charge in [-0.3, -0.25) is 0 Å². The van der Waals surface area contributed by atoms with Crippen LogP contribution in [-0.4, -0.2) is 9.97 Å². The fourth-order valence-electron chi connectivity index (χ4n) is 1.48. The molecule has 0 aliphatic heterocycles. The van der Waals surface area contributed by atoms with Crippen LogP contribution in [0, 0.1) is 13.8 Å². The van der Waals surface area contributed by atoms with Crippen molar-refractivity contribution in [2.24, 2.45) is 5.73 Å². The van der Waals surface area contributed by atoms with E-state index in [1.165, 1.54) is 4.88 Å². The molecule has 2 rings (SSSR count). The highest BCUT2D eigenvalue weighted by atomic mass is 35.5. The van der Waals surface area contributed by atoms with Gasteiger partial charge in [0.2, 0.25) is 0 Å². The van der Waals surface area contributed by atoms with Crippen LogP contribution in [-0.2, 0) is 0 Å². The topological polar surface area (TPSA) is 50.9 Å². The molecule has 0 spiro atoms. The average Bonchev–Trinajstić information content (AvgIpc) is 2.57. The molecule has 6 heteroatoms. The first kappa shape index (κ1) is 13.3. The smallest absolute Gasteiger partial charge is 0.187 e. The first-order valence-electron chi connectivity index (χ1n) is 5.28. The normalized spacial score (nSPS) is 10.4. The van der Waals surface area contributed by atoms with Crippen LogP contribution in [0.4, 0.5) is 10.8 Å². The molecular formula is C12H12ClN3S2. The molecule has 0 saturated carbocycles. The summed E-state index contributed by atoms with van der Waals surface area (Å²) in [6, 6.07) is 5.36. The Balaban J connectivity index is 2.38. The fraction of sp³-hybridized carbons (Fsp3) is 0.167. The van der Waals surface area contributed by atoms with E-state index < -0.39 is 0 Å². The second kappa shape index (κ2) is 5.22. The minimum Gasteiger partial charge on any atom is -0.389 e. The number of aryl methyl sites for hydroxylation is 2. The van der Waals surface area contributed by atoms with Gasteiger partial charge in [0.1, 0.15) is 4.99 Å². The predicted molar refractivity (Wildman–Crippen MR) is 82.2 cm³/mol. The molecule has 3 nitrogen and oxygen atoms in total. The van der Waals surface area contributed by atoms with Gasteiger partial charge in [-0.2, -0.15) is 0 Å². The number of nitrogens with two attached hydrogens (primary N) is 1. The molecule has 2 aromatic rings. The second-order valence-electron chi connectivity index (χ2n) is 3.84. The Morgan fingerprint density at radius 2 is 2.17 bits per heavy atom. The lowest BCUT2D eigenvalue weighted by Crippen LogP contribution is -2.11. The molecule has 1 aromatic carbocycles. The van der Waals surface area contributed by atoms with Crippen molar-refractivity contribution in [3.05, 3.63) is 39.4 Å². The number of anilines is 2. The highest BCUT2D eigenvalue weighted by Gasteiger charge is 2.09. The predicted octanol–water partition coefficient (Wildman–Crippen LogP) is 3.79. The molecule has 0 radical (unpaired) electrons. The van der Waals surface area contributed by atoms with E-state index in [9.17, 15) is 0 Å². The number of thiocarbonyl (C=S) groups is 1. The van der Waals surface area contributed by atoms with E-state index in [2.05, 4.69) is 10.3 Å². The van der Waals surface area contributed by atoms with E-state index in [1.807, 2.05) is 13.8 Å².